The van der Waals surface area contributed by atoms with Crippen LogP contribution in [0, 0.1) is 11.8 Å². The predicted octanol–water partition coefficient (Wildman–Crippen LogP) is 0.705. The molecule has 1 unspecified atom stereocenters. The molecule has 0 aromatic carbocycles. The van der Waals surface area contributed by atoms with Gasteiger partial charge in [0.15, 0.2) is 0 Å². The van der Waals surface area contributed by atoms with Gasteiger partial charge in [-0.3, -0.25) is 9.69 Å². The average molecular weight is 297 g/mol. The Bertz CT molecular complexity index is 394. The van der Waals surface area contributed by atoms with Gasteiger partial charge in [-0.05, 0) is 50.6 Å². The monoisotopic (exact) mass is 297 g/mol. The van der Waals surface area contributed by atoms with Gasteiger partial charge in [-0.15, -0.1) is 0 Å². The van der Waals surface area contributed by atoms with Gasteiger partial charge in [-0.1, -0.05) is 13.8 Å². The number of β-amino-alcohol motifs (C(OH)–C–C–N with tert-alkyl or cyclic N) is 1. The fraction of sp³-hybridized carbons (Fsp3) is 0.867. The number of aliphatic hydroxyl groups excluding tert-OH is 1. The molecule has 2 aliphatic rings. The van der Waals surface area contributed by atoms with Crippen molar-refractivity contribution in [1.29, 1.82) is 0 Å². The maximum atomic E-state index is 12.9. The van der Waals surface area contributed by atoms with Crippen LogP contribution in [0.3, 0.4) is 0 Å². The molecule has 0 saturated carbocycles. The first-order valence-electron chi connectivity index (χ1n) is 7.97. The number of urea groups is 1. The van der Waals surface area contributed by atoms with Gasteiger partial charge in [0.25, 0.3) is 5.91 Å². The van der Waals surface area contributed by atoms with Crippen molar-refractivity contribution in [2.45, 2.75) is 45.1 Å². The largest absolute Gasteiger partial charge is 0.395 e. The van der Waals surface area contributed by atoms with Crippen LogP contribution in [-0.4, -0.2) is 53.7 Å². The molecule has 3 N–H and O–H groups in total. The van der Waals surface area contributed by atoms with E-state index in [0.717, 1.165) is 32.4 Å². The summed E-state index contributed by atoms with van der Waals surface area (Å²) in [7, 11) is 0. The molecule has 0 aliphatic carbocycles. The van der Waals surface area contributed by atoms with E-state index in [0.29, 0.717) is 12.3 Å². The van der Waals surface area contributed by atoms with E-state index in [-0.39, 0.29) is 31.0 Å². The number of nitrogens with zero attached hydrogens (tertiary/aromatic N) is 1. The Morgan fingerprint density at radius 1 is 1.33 bits per heavy atom. The van der Waals surface area contributed by atoms with Crippen LogP contribution in [0.5, 0.6) is 0 Å². The molecular formula is C15H27N3O3. The molecule has 6 nitrogen and oxygen atoms in total. The molecule has 0 aromatic heterocycles. The first-order chi connectivity index (χ1) is 10.0. The normalized spacial score (nSPS) is 27.5. The molecule has 120 valence electrons. The van der Waals surface area contributed by atoms with Crippen molar-refractivity contribution in [2.75, 3.05) is 26.2 Å². The molecule has 3 amide bonds. The molecule has 0 spiro atoms. The zero-order valence-electron chi connectivity index (χ0n) is 13.0. The van der Waals surface area contributed by atoms with Crippen molar-refractivity contribution in [3.8, 4) is 0 Å². The van der Waals surface area contributed by atoms with E-state index in [1.165, 1.54) is 4.90 Å². The van der Waals surface area contributed by atoms with Crippen molar-refractivity contribution < 1.29 is 14.7 Å². The van der Waals surface area contributed by atoms with Crippen LogP contribution in [0.1, 0.15) is 39.5 Å². The molecule has 0 radical (unpaired) electrons. The second-order valence-electron chi connectivity index (χ2n) is 6.54. The summed E-state index contributed by atoms with van der Waals surface area (Å²) in [5.41, 5.74) is -0.765. The number of carbonyl (C=O) groups is 2. The molecular weight excluding hydrogens is 270 g/mol. The van der Waals surface area contributed by atoms with E-state index < -0.39 is 5.54 Å². The van der Waals surface area contributed by atoms with Gasteiger partial charge in [0.2, 0.25) is 0 Å². The molecule has 0 aromatic rings. The topological polar surface area (TPSA) is 81.7 Å². The minimum absolute atomic E-state index is 0.0824. The van der Waals surface area contributed by atoms with Crippen LogP contribution < -0.4 is 10.6 Å². The first kappa shape index (κ1) is 16.2. The lowest BCUT2D eigenvalue weighted by Gasteiger charge is -2.38. The van der Waals surface area contributed by atoms with E-state index in [1.54, 1.807) is 0 Å². The van der Waals surface area contributed by atoms with E-state index in [2.05, 4.69) is 24.5 Å². The quantitative estimate of drug-likeness (QED) is 0.631. The second kappa shape index (κ2) is 6.75. The Balaban J connectivity index is 2.23. The lowest BCUT2D eigenvalue weighted by molar-refractivity contribution is -0.134. The minimum atomic E-state index is -0.765. The van der Waals surface area contributed by atoms with Crippen LogP contribution in [0.4, 0.5) is 4.79 Å². The Morgan fingerprint density at radius 2 is 2.00 bits per heavy atom. The van der Waals surface area contributed by atoms with E-state index >= 15 is 0 Å². The Morgan fingerprint density at radius 3 is 2.57 bits per heavy atom. The Hall–Kier alpha value is -1.14. The van der Waals surface area contributed by atoms with Crippen LogP contribution >= 0.6 is 0 Å². The van der Waals surface area contributed by atoms with Gasteiger partial charge < -0.3 is 15.7 Å². The lowest BCUT2D eigenvalue weighted by Crippen LogP contribution is -2.56. The second-order valence-corrected chi connectivity index (χ2v) is 6.54. The summed E-state index contributed by atoms with van der Waals surface area (Å²) in [5.74, 6) is 0.520. The van der Waals surface area contributed by atoms with Gasteiger partial charge in [0, 0.05) is 0 Å². The number of hydrogen-bond acceptors (Lipinski definition) is 4. The van der Waals surface area contributed by atoms with Crippen molar-refractivity contribution in [3.05, 3.63) is 0 Å². The van der Waals surface area contributed by atoms with Gasteiger partial charge in [0.1, 0.15) is 5.54 Å². The van der Waals surface area contributed by atoms with E-state index in [1.807, 2.05) is 0 Å². The summed E-state index contributed by atoms with van der Waals surface area (Å²) in [6.07, 6.45) is 3.39. The summed E-state index contributed by atoms with van der Waals surface area (Å²) in [4.78, 5) is 26.2. The summed E-state index contributed by atoms with van der Waals surface area (Å²) in [5, 5.41) is 15.4. The lowest BCUT2D eigenvalue weighted by atomic mass is 9.74. The first-order valence-corrected chi connectivity index (χ1v) is 7.97. The highest BCUT2D eigenvalue weighted by atomic mass is 16.3. The van der Waals surface area contributed by atoms with Crippen molar-refractivity contribution in [1.82, 2.24) is 15.5 Å². The number of nitrogens with one attached hydrogen (secondary N) is 2. The van der Waals surface area contributed by atoms with Crippen LogP contribution in [-0.2, 0) is 4.79 Å². The summed E-state index contributed by atoms with van der Waals surface area (Å²) in [6.45, 7) is 5.92. The van der Waals surface area contributed by atoms with Gasteiger partial charge in [-0.25, -0.2) is 4.79 Å². The van der Waals surface area contributed by atoms with Crippen molar-refractivity contribution in [3.63, 3.8) is 0 Å². The zero-order valence-corrected chi connectivity index (χ0v) is 13.0. The smallest absolute Gasteiger partial charge is 0.325 e. The average Bonchev–Trinajstić information content (AvgIpc) is 2.72. The van der Waals surface area contributed by atoms with Crippen LogP contribution in [0.25, 0.3) is 0 Å². The fourth-order valence-corrected chi connectivity index (χ4v) is 3.43. The van der Waals surface area contributed by atoms with Crippen molar-refractivity contribution in [2.24, 2.45) is 11.8 Å². The number of rotatable bonds is 6. The predicted molar refractivity (Wildman–Crippen MR) is 79.7 cm³/mol. The number of aliphatic hydroxyl groups is 1. The molecule has 1 atom stereocenters. The summed E-state index contributed by atoms with van der Waals surface area (Å²) < 4.78 is 0. The SMILES string of the molecule is CC(C)CCC1(C2CCNCC2)NC(=O)N(CCO)C1=O. The molecule has 2 saturated heterocycles. The maximum Gasteiger partial charge on any atom is 0.325 e. The molecule has 6 heteroatoms. The van der Waals surface area contributed by atoms with Crippen LogP contribution in [0.15, 0.2) is 0 Å². The molecule has 2 aliphatic heterocycles. The molecule has 2 fully saturated rings. The van der Waals surface area contributed by atoms with Crippen LogP contribution in [0.2, 0.25) is 0 Å². The molecule has 0 bridgehead atoms. The number of hydrogen-bond donors (Lipinski definition) is 3. The highest BCUT2D eigenvalue weighted by Crippen LogP contribution is 2.36. The third-order valence-electron chi connectivity index (χ3n) is 4.68. The number of imide groups is 1. The van der Waals surface area contributed by atoms with E-state index in [4.69, 9.17) is 5.11 Å². The zero-order chi connectivity index (χ0) is 15.5. The number of amides is 3. The summed E-state index contributed by atoms with van der Waals surface area (Å²) >= 11 is 0. The highest BCUT2D eigenvalue weighted by Gasteiger charge is 2.54. The number of carbonyl (C=O) groups excluding carboxylic acids is 2. The highest BCUT2D eigenvalue weighted by molar-refractivity contribution is 6.07. The molecule has 2 rings (SSSR count). The number of piperidine rings is 1. The Labute approximate surface area is 126 Å². The fourth-order valence-electron chi connectivity index (χ4n) is 3.43. The maximum absolute atomic E-state index is 12.9. The van der Waals surface area contributed by atoms with Gasteiger partial charge >= 0.3 is 6.03 Å². The standard InChI is InChI=1S/C15H27N3O3/c1-11(2)3-6-15(12-4-7-16-8-5-12)13(20)18(9-10-19)14(21)17-15/h11-12,16,19H,3-10H2,1-2H3,(H,17,21). The van der Waals surface area contributed by atoms with Gasteiger partial charge in [-0.2, -0.15) is 0 Å². The van der Waals surface area contributed by atoms with Gasteiger partial charge in [0.05, 0.1) is 13.2 Å². The minimum Gasteiger partial charge on any atom is -0.395 e. The third-order valence-corrected chi connectivity index (χ3v) is 4.68. The Kier molecular flexibility index (Phi) is 5.22. The van der Waals surface area contributed by atoms with E-state index in [9.17, 15) is 9.59 Å². The molecule has 21 heavy (non-hydrogen) atoms. The van der Waals surface area contributed by atoms with Crippen molar-refractivity contribution >= 4 is 11.9 Å². The third kappa shape index (κ3) is 3.21. The molecule has 2 heterocycles. The summed E-state index contributed by atoms with van der Waals surface area (Å²) in [6, 6.07) is -0.351.